The maximum absolute atomic E-state index is 12.9. The average Bonchev–Trinajstić information content (AvgIpc) is 3.32. The van der Waals surface area contributed by atoms with Gasteiger partial charge >= 0.3 is 0 Å². The van der Waals surface area contributed by atoms with Crippen molar-refractivity contribution in [2.75, 3.05) is 20.8 Å². The highest BCUT2D eigenvalue weighted by atomic mass is 32.1. The molecular weight excluding hydrogens is 402 g/mol. The summed E-state index contributed by atoms with van der Waals surface area (Å²) in [5.74, 6) is 2.48. The molecule has 0 bridgehead atoms. The standard InChI is InChI=1S/C22H21N3O4S/c1-4-12-29-16-10-8-14(9-11-16)20-23-22-25(24-20)21(26)18(30-22)13-15-6-5-7-17(27-2)19(15)28-3/h5-11,13H,4,12H2,1-3H3/b18-13+. The minimum absolute atomic E-state index is 0.221. The molecule has 2 aromatic carbocycles. The van der Waals surface area contributed by atoms with E-state index < -0.39 is 0 Å². The molecule has 0 aliphatic heterocycles. The fourth-order valence-corrected chi connectivity index (χ4v) is 3.94. The maximum atomic E-state index is 12.9. The third-order valence-corrected chi connectivity index (χ3v) is 5.45. The van der Waals surface area contributed by atoms with Crippen LogP contribution in [0.2, 0.25) is 0 Å². The SMILES string of the molecule is CCCOc1ccc(-c2nc3s/c(=C/c4cccc(OC)c4OC)c(=O)n3n2)cc1. The lowest BCUT2D eigenvalue weighted by Crippen LogP contribution is -2.23. The summed E-state index contributed by atoms with van der Waals surface area (Å²) in [4.78, 5) is 17.9. The number of methoxy groups -OCH3 is 2. The van der Waals surface area contributed by atoms with E-state index in [4.69, 9.17) is 14.2 Å². The van der Waals surface area contributed by atoms with Crippen molar-refractivity contribution in [3.63, 3.8) is 0 Å². The van der Waals surface area contributed by atoms with Crippen molar-refractivity contribution in [3.8, 4) is 28.6 Å². The van der Waals surface area contributed by atoms with Gasteiger partial charge in [0.2, 0.25) is 4.96 Å². The van der Waals surface area contributed by atoms with Gasteiger partial charge in [0.15, 0.2) is 17.3 Å². The first-order valence-electron chi connectivity index (χ1n) is 9.50. The Kier molecular flexibility index (Phi) is 5.67. The van der Waals surface area contributed by atoms with Crippen molar-refractivity contribution < 1.29 is 14.2 Å². The summed E-state index contributed by atoms with van der Waals surface area (Å²) in [6.45, 7) is 2.74. The number of thiazole rings is 1. The number of aromatic nitrogens is 3. The largest absolute Gasteiger partial charge is 0.494 e. The van der Waals surface area contributed by atoms with E-state index >= 15 is 0 Å². The number of rotatable bonds is 7. The zero-order chi connectivity index (χ0) is 21.1. The van der Waals surface area contributed by atoms with E-state index in [1.165, 1.54) is 15.9 Å². The molecule has 0 spiro atoms. The topological polar surface area (TPSA) is 75.0 Å². The van der Waals surface area contributed by atoms with Gasteiger partial charge in [0.05, 0.1) is 25.4 Å². The van der Waals surface area contributed by atoms with E-state index in [9.17, 15) is 4.79 Å². The van der Waals surface area contributed by atoms with Crippen LogP contribution in [-0.4, -0.2) is 35.4 Å². The van der Waals surface area contributed by atoms with Crippen molar-refractivity contribution >= 4 is 22.4 Å². The number of benzene rings is 2. The molecule has 0 fully saturated rings. The van der Waals surface area contributed by atoms with Crippen LogP contribution in [0, 0.1) is 0 Å². The van der Waals surface area contributed by atoms with Gasteiger partial charge in [0.1, 0.15) is 5.75 Å². The summed E-state index contributed by atoms with van der Waals surface area (Å²) in [5.41, 5.74) is 1.36. The summed E-state index contributed by atoms with van der Waals surface area (Å²) in [5, 5.41) is 4.40. The molecule has 4 rings (SSSR count). The fourth-order valence-electron chi connectivity index (χ4n) is 3.04. The van der Waals surface area contributed by atoms with Crippen molar-refractivity contribution in [1.29, 1.82) is 0 Å². The zero-order valence-electron chi connectivity index (χ0n) is 16.9. The Morgan fingerprint density at radius 3 is 2.57 bits per heavy atom. The van der Waals surface area contributed by atoms with Crippen LogP contribution >= 0.6 is 11.3 Å². The second-order valence-electron chi connectivity index (χ2n) is 6.50. The summed E-state index contributed by atoms with van der Waals surface area (Å²) < 4.78 is 18.2. The number of ether oxygens (including phenoxy) is 3. The highest BCUT2D eigenvalue weighted by Gasteiger charge is 2.13. The maximum Gasteiger partial charge on any atom is 0.291 e. The number of nitrogens with zero attached hydrogens (tertiary/aromatic N) is 3. The van der Waals surface area contributed by atoms with Crippen LogP contribution in [-0.2, 0) is 0 Å². The van der Waals surface area contributed by atoms with Crippen LogP contribution in [0.4, 0.5) is 0 Å². The lowest BCUT2D eigenvalue weighted by atomic mass is 10.2. The van der Waals surface area contributed by atoms with Gasteiger partial charge in [-0.3, -0.25) is 4.79 Å². The monoisotopic (exact) mass is 423 g/mol. The minimum Gasteiger partial charge on any atom is -0.494 e. The molecule has 2 aromatic heterocycles. The van der Waals surface area contributed by atoms with Crippen molar-refractivity contribution in [1.82, 2.24) is 14.6 Å². The lowest BCUT2D eigenvalue weighted by molar-refractivity contribution is 0.317. The van der Waals surface area contributed by atoms with Crippen molar-refractivity contribution in [2.24, 2.45) is 0 Å². The third-order valence-electron chi connectivity index (χ3n) is 4.49. The average molecular weight is 423 g/mol. The van der Waals surface area contributed by atoms with E-state index in [-0.39, 0.29) is 5.56 Å². The Hall–Kier alpha value is -3.39. The van der Waals surface area contributed by atoms with Crippen LogP contribution in [0.25, 0.3) is 22.4 Å². The molecule has 0 radical (unpaired) electrons. The number of fused-ring (bicyclic) bond motifs is 1. The molecule has 0 aliphatic rings. The molecule has 154 valence electrons. The van der Waals surface area contributed by atoms with Gasteiger partial charge in [-0.1, -0.05) is 30.4 Å². The van der Waals surface area contributed by atoms with E-state index in [0.29, 0.717) is 33.4 Å². The molecule has 7 nitrogen and oxygen atoms in total. The molecule has 0 saturated heterocycles. The van der Waals surface area contributed by atoms with Crippen molar-refractivity contribution in [3.05, 3.63) is 62.9 Å². The molecule has 8 heteroatoms. The number of para-hydroxylation sites is 1. The number of hydrogen-bond donors (Lipinski definition) is 0. The van der Waals surface area contributed by atoms with Crippen LogP contribution in [0.1, 0.15) is 18.9 Å². The Morgan fingerprint density at radius 2 is 1.90 bits per heavy atom. The predicted octanol–water partition coefficient (Wildman–Crippen LogP) is 3.17. The Balaban J connectivity index is 1.70. The van der Waals surface area contributed by atoms with Crippen LogP contribution < -0.4 is 24.3 Å². The van der Waals surface area contributed by atoms with Gasteiger partial charge in [-0.15, -0.1) is 5.10 Å². The molecule has 2 heterocycles. The van der Waals surface area contributed by atoms with Gasteiger partial charge in [-0.25, -0.2) is 0 Å². The molecule has 0 unspecified atom stereocenters. The Morgan fingerprint density at radius 1 is 1.10 bits per heavy atom. The first-order chi connectivity index (χ1) is 14.6. The highest BCUT2D eigenvalue weighted by molar-refractivity contribution is 7.15. The molecule has 0 amide bonds. The highest BCUT2D eigenvalue weighted by Crippen LogP contribution is 2.31. The number of hydrogen-bond acceptors (Lipinski definition) is 7. The van der Waals surface area contributed by atoms with Crippen molar-refractivity contribution in [2.45, 2.75) is 13.3 Å². The smallest absolute Gasteiger partial charge is 0.291 e. The fraction of sp³-hybridized carbons (Fsp3) is 0.227. The second kappa shape index (κ2) is 8.54. The molecule has 0 atom stereocenters. The minimum atomic E-state index is -0.221. The van der Waals surface area contributed by atoms with E-state index in [2.05, 4.69) is 17.0 Å². The molecule has 30 heavy (non-hydrogen) atoms. The van der Waals surface area contributed by atoms with Gasteiger partial charge < -0.3 is 14.2 Å². The molecule has 4 aromatic rings. The predicted molar refractivity (Wildman–Crippen MR) is 117 cm³/mol. The first-order valence-corrected chi connectivity index (χ1v) is 10.3. The lowest BCUT2D eigenvalue weighted by Gasteiger charge is -2.09. The summed E-state index contributed by atoms with van der Waals surface area (Å²) in [6.07, 6.45) is 2.72. The quantitative estimate of drug-likeness (QED) is 0.455. The molecule has 0 saturated carbocycles. The Bertz CT molecular complexity index is 1280. The van der Waals surface area contributed by atoms with E-state index in [1.807, 2.05) is 42.5 Å². The summed E-state index contributed by atoms with van der Waals surface area (Å²) in [6, 6.07) is 13.1. The van der Waals surface area contributed by atoms with Gasteiger partial charge in [0, 0.05) is 11.1 Å². The molecule has 0 aliphatic carbocycles. The molecule has 0 N–H and O–H groups in total. The molecular formula is C22H21N3O4S. The third kappa shape index (κ3) is 3.73. The first kappa shape index (κ1) is 19.9. The van der Waals surface area contributed by atoms with Crippen LogP contribution in [0.5, 0.6) is 17.2 Å². The van der Waals surface area contributed by atoms with E-state index in [1.54, 1.807) is 20.3 Å². The van der Waals surface area contributed by atoms with Crippen LogP contribution in [0.3, 0.4) is 0 Å². The van der Waals surface area contributed by atoms with Gasteiger partial charge in [0.25, 0.3) is 5.56 Å². The normalized spacial score (nSPS) is 11.8. The zero-order valence-corrected chi connectivity index (χ0v) is 17.7. The Labute approximate surface area is 177 Å². The van der Waals surface area contributed by atoms with Gasteiger partial charge in [-0.2, -0.15) is 9.50 Å². The van der Waals surface area contributed by atoms with Gasteiger partial charge in [-0.05, 0) is 42.8 Å². The summed E-state index contributed by atoms with van der Waals surface area (Å²) in [7, 11) is 3.15. The summed E-state index contributed by atoms with van der Waals surface area (Å²) >= 11 is 1.28. The second-order valence-corrected chi connectivity index (χ2v) is 7.51. The van der Waals surface area contributed by atoms with Crippen LogP contribution in [0.15, 0.2) is 47.3 Å². The van der Waals surface area contributed by atoms with E-state index in [0.717, 1.165) is 23.3 Å².